The van der Waals surface area contributed by atoms with Gasteiger partial charge in [0.15, 0.2) is 9.84 Å². The molecule has 1 N–H and O–H groups in total. The minimum Gasteiger partial charge on any atom is -0.461 e. The van der Waals surface area contributed by atoms with Crippen LogP contribution in [0.3, 0.4) is 0 Å². The van der Waals surface area contributed by atoms with E-state index in [9.17, 15) is 22.4 Å². The lowest BCUT2D eigenvalue weighted by molar-refractivity contribution is 0.0521. The molecule has 34 heavy (non-hydrogen) atoms. The van der Waals surface area contributed by atoms with Gasteiger partial charge in [-0.1, -0.05) is 30.3 Å². The van der Waals surface area contributed by atoms with Gasteiger partial charge in [-0.15, -0.1) is 0 Å². The lowest BCUT2D eigenvalue weighted by Gasteiger charge is -2.13. The van der Waals surface area contributed by atoms with Gasteiger partial charge < -0.3 is 14.1 Å². The zero-order valence-electron chi connectivity index (χ0n) is 18.8. The van der Waals surface area contributed by atoms with E-state index >= 15 is 0 Å². The van der Waals surface area contributed by atoms with Crippen molar-refractivity contribution >= 4 is 26.7 Å². The van der Waals surface area contributed by atoms with Crippen LogP contribution in [0.25, 0.3) is 22.0 Å². The third-order valence-corrected chi connectivity index (χ3v) is 6.41. The zero-order chi connectivity index (χ0) is 24.6. The molecule has 0 bridgehead atoms. The summed E-state index contributed by atoms with van der Waals surface area (Å²) in [4.78, 5) is 28.0. The molecule has 0 amide bonds. The predicted octanol–water partition coefficient (Wildman–Crippen LogP) is 4.06. The fourth-order valence-electron chi connectivity index (χ4n) is 4.06. The van der Waals surface area contributed by atoms with Crippen LogP contribution >= 0.6 is 0 Å². The smallest absolute Gasteiger partial charge is 0.419 e. The number of fused-ring (bicyclic) bond motifs is 1. The molecule has 8 nitrogen and oxygen atoms in total. The Balaban J connectivity index is 1.93. The number of oxazole rings is 1. The highest BCUT2D eigenvalue weighted by Gasteiger charge is 2.24. The minimum atomic E-state index is -3.43. The van der Waals surface area contributed by atoms with Crippen LogP contribution in [0.1, 0.15) is 41.5 Å². The monoisotopic (exact) mass is 486 g/mol. The number of ether oxygens (including phenoxy) is 1. The van der Waals surface area contributed by atoms with Gasteiger partial charge in [-0.2, -0.15) is 0 Å². The average Bonchev–Trinajstić information content (AvgIpc) is 3.37. The molecule has 178 valence electrons. The standard InChI is InChI=1S/C24H23FN2O6S/c1-4-32-23(28)22-20(15-8-9-16(19(25)12-15)13-34(3,30)31)18-7-5-6-17(21(18)26-22)14(2)27-10-11-33-24(27)29/h5-12,14,26H,4,13H2,1-3H3/t14-/m0/s1. The first-order valence-electron chi connectivity index (χ1n) is 10.5. The van der Waals surface area contributed by atoms with Crippen LogP contribution in [0.4, 0.5) is 4.39 Å². The molecular weight excluding hydrogens is 463 g/mol. The molecule has 0 unspecified atom stereocenters. The quantitative estimate of drug-likeness (QED) is 0.395. The Morgan fingerprint density at radius 1 is 1.26 bits per heavy atom. The van der Waals surface area contributed by atoms with Crippen molar-refractivity contribution in [1.82, 2.24) is 9.55 Å². The number of aromatic nitrogens is 2. The van der Waals surface area contributed by atoms with Crippen molar-refractivity contribution < 1.29 is 26.8 Å². The van der Waals surface area contributed by atoms with Crippen molar-refractivity contribution in [3.63, 3.8) is 0 Å². The Bertz CT molecular complexity index is 1550. The Morgan fingerprint density at radius 3 is 2.65 bits per heavy atom. The van der Waals surface area contributed by atoms with Crippen LogP contribution in [0.15, 0.2) is 58.1 Å². The summed E-state index contributed by atoms with van der Waals surface area (Å²) < 4.78 is 49.6. The minimum absolute atomic E-state index is 0.0393. The molecule has 0 saturated carbocycles. The molecule has 0 fully saturated rings. The number of hydrogen-bond acceptors (Lipinski definition) is 6. The van der Waals surface area contributed by atoms with Gasteiger partial charge in [-0.3, -0.25) is 4.57 Å². The molecule has 0 aliphatic carbocycles. The van der Waals surface area contributed by atoms with Gasteiger partial charge in [0.25, 0.3) is 0 Å². The highest BCUT2D eigenvalue weighted by molar-refractivity contribution is 7.89. The fourth-order valence-corrected chi connectivity index (χ4v) is 4.86. The van der Waals surface area contributed by atoms with Gasteiger partial charge in [-0.25, -0.2) is 22.4 Å². The second-order valence-corrected chi connectivity index (χ2v) is 10.1. The number of halogens is 1. The van der Waals surface area contributed by atoms with E-state index in [-0.39, 0.29) is 17.9 Å². The predicted molar refractivity (Wildman–Crippen MR) is 125 cm³/mol. The van der Waals surface area contributed by atoms with E-state index in [1.54, 1.807) is 25.1 Å². The first-order chi connectivity index (χ1) is 16.1. The molecule has 4 aromatic rings. The molecule has 0 aliphatic heterocycles. The van der Waals surface area contributed by atoms with E-state index in [1.165, 1.54) is 29.2 Å². The first-order valence-corrected chi connectivity index (χ1v) is 12.6. The molecule has 4 rings (SSSR count). The third kappa shape index (κ3) is 4.41. The first kappa shape index (κ1) is 23.5. The van der Waals surface area contributed by atoms with E-state index in [4.69, 9.17) is 9.15 Å². The largest absolute Gasteiger partial charge is 0.461 e. The number of hydrogen-bond donors (Lipinski definition) is 1. The molecule has 0 aliphatic rings. The van der Waals surface area contributed by atoms with E-state index in [1.807, 2.05) is 13.0 Å². The van der Waals surface area contributed by atoms with Crippen LogP contribution in [0.2, 0.25) is 0 Å². The van der Waals surface area contributed by atoms with Crippen molar-refractivity contribution in [2.24, 2.45) is 0 Å². The Morgan fingerprint density at radius 2 is 2.03 bits per heavy atom. The number of nitrogens with one attached hydrogen (secondary N) is 1. The summed E-state index contributed by atoms with van der Waals surface area (Å²) in [6.45, 7) is 3.64. The second kappa shape index (κ2) is 8.94. The maximum atomic E-state index is 14.9. The number of esters is 1. The number of aromatic amines is 1. The maximum absolute atomic E-state index is 14.9. The topological polar surface area (TPSA) is 111 Å². The van der Waals surface area contributed by atoms with Crippen LogP contribution in [-0.2, 0) is 20.3 Å². The summed E-state index contributed by atoms with van der Waals surface area (Å²) in [7, 11) is -3.43. The van der Waals surface area contributed by atoms with Gasteiger partial charge in [0.2, 0.25) is 0 Å². The van der Waals surface area contributed by atoms with Crippen LogP contribution in [-0.4, -0.2) is 36.8 Å². The second-order valence-electron chi connectivity index (χ2n) is 7.99. The number of benzene rings is 2. The van der Waals surface area contributed by atoms with Crippen LogP contribution < -0.4 is 5.76 Å². The molecule has 2 aromatic heterocycles. The highest BCUT2D eigenvalue weighted by Crippen LogP contribution is 2.37. The SMILES string of the molecule is CCOC(=O)c1[nH]c2c([C@H](C)n3ccoc3=O)cccc2c1-c1ccc(CS(C)(=O)=O)c(F)c1. The molecular formula is C24H23FN2O6S. The molecule has 1 atom stereocenters. The lowest BCUT2D eigenvalue weighted by atomic mass is 9.98. The number of carbonyl (C=O) groups is 1. The summed E-state index contributed by atoms with van der Waals surface area (Å²) in [5.74, 6) is -2.26. The Hall–Kier alpha value is -3.66. The summed E-state index contributed by atoms with van der Waals surface area (Å²) in [5.41, 5.74) is 2.28. The van der Waals surface area contributed by atoms with Gasteiger partial charge in [0, 0.05) is 29.0 Å². The summed E-state index contributed by atoms with van der Waals surface area (Å²) in [6.07, 6.45) is 3.86. The van der Waals surface area contributed by atoms with E-state index in [2.05, 4.69) is 4.98 Å². The van der Waals surface area contributed by atoms with Gasteiger partial charge in [-0.05, 0) is 31.0 Å². The maximum Gasteiger partial charge on any atom is 0.419 e. The average molecular weight is 487 g/mol. The number of rotatable bonds is 7. The number of sulfone groups is 1. The van der Waals surface area contributed by atoms with Gasteiger partial charge in [0.05, 0.1) is 23.9 Å². The van der Waals surface area contributed by atoms with E-state index in [0.717, 1.165) is 6.26 Å². The van der Waals surface area contributed by atoms with Crippen LogP contribution in [0.5, 0.6) is 0 Å². The summed E-state index contributed by atoms with van der Waals surface area (Å²) in [5, 5.41) is 0.624. The molecule has 0 radical (unpaired) electrons. The van der Waals surface area contributed by atoms with Crippen molar-refractivity contribution in [2.45, 2.75) is 25.6 Å². The molecule has 2 heterocycles. The number of para-hydroxylation sites is 1. The van der Waals surface area contributed by atoms with Crippen molar-refractivity contribution in [1.29, 1.82) is 0 Å². The lowest BCUT2D eigenvalue weighted by Crippen LogP contribution is -2.18. The number of nitrogens with zero attached hydrogens (tertiary/aromatic N) is 1. The van der Waals surface area contributed by atoms with Gasteiger partial charge in [0.1, 0.15) is 17.8 Å². The summed E-state index contributed by atoms with van der Waals surface area (Å²) >= 11 is 0. The van der Waals surface area contributed by atoms with Crippen molar-refractivity contribution in [3.05, 3.63) is 82.0 Å². The van der Waals surface area contributed by atoms with E-state index in [0.29, 0.717) is 27.6 Å². The fraction of sp³-hybridized carbons (Fsp3) is 0.250. The van der Waals surface area contributed by atoms with E-state index < -0.39 is 39.2 Å². The Labute approximate surface area is 194 Å². The molecule has 0 spiro atoms. The summed E-state index contributed by atoms with van der Waals surface area (Å²) in [6, 6.07) is 9.13. The van der Waals surface area contributed by atoms with Crippen LogP contribution in [0, 0.1) is 5.82 Å². The molecule has 10 heteroatoms. The molecule has 2 aromatic carbocycles. The molecule has 0 saturated heterocycles. The van der Waals surface area contributed by atoms with Crippen molar-refractivity contribution in [3.8, 4) is 11.1 Å². The Kier molecular flexibility index (Phi) is 6.18. The number of H-pyrrole nitrogens is 1. The highest BCUT2D eigenvalue weighted by atomic mass is 32.2. The van der Waals surface area contributed by atoms with Gasteiger partial charge >= 0.3 is 11.7 Å². The third-order valence-electron chi connectivity index (χ3n) is 5.57. The number of carbonyl (C=O) groups excluding carboxylic acids is 1. The zero-order valence-corrected chi connectivity index (χ0v) is 19.6. The normalized spacial score (nSPS) is 12.7. The van der Waals surface area contributed by atoms with Crippen molar-refractivity contribution in [2.75, 3.05) is 12.9 Å².